The molecule has 1 saturated heterocycles. The molecule has 0 atom stereocenters. The fourth-order valence-corrected chi connectivity index (χ4v) is 4.93. The van der Waals surface area contributed by atoms with E-state index in [4.69, 9.17) is 0 Å². The molecule has 168 valence electrons. The van der Waals surface area contributed by atoms with E-state index in [1.165, 1.54) is 28.2 Å². The lowest BCUT2D eigenvalue weighted by Gasteiger charge is -2.34. The predicted octanol–water partition coefficient (Wildman–Crippen LogP) is 2.93. The molecule has 2 aromatic heterocycles. The monoisotopic (exact) mass is 469 g/mol. The number of piperazine rings is 1. The average molecular weight is 470 g/mol. The van der Waals surface area contributed by atoms with Crippen molar-refractivity contribution < 1.29 is 9.59 Å². The molecule has 32 heavy (non-hydrogen) atoms. The van der Waals surface area contributed by atoms with E-state index >= 15 is 0 Å². The Morgan fingerprint density at radius 2 is 1.75 bits per heavy atom. The SMILES string of the molecule is O=C(Cc1csc(NC(=O)c2cccs2)n1)NCCN1CCN(Cc2ccccc2)CC1. The minimum absolute atomic E-state index is 0.0471. The zero-order valence-corrected chi connectivity index (χ0v) is 19.5. The van der Waals surface area contributed by atoms with Gasteiger partial charge in [-0.1, -0.05) is 36.4 Å². The number of amides is 2. The minimum atomic E-state index is -0.172. The van der Waals surface area contributed by atoms with Gasteiger partial charge in [-0.2, -0.15) is 0 Å². The van der Waals surface area contributed by atoms with Gasteiger partial charge in [0.15, 0.2) is 5.13 Å². The summed E-state index contributed by atoms with van der Waals surface area (Å²) in [4.78, 5) is 34.2. The fourth-order valence-electron chi connectivity index (χ4n) is 3.61. The Labute approximate surface area is 196 Å². The van der Waals surface area contributed by atoms with Gasteiger partial charge < -0.3 is 5.32 Å². The number of aromatic nitrogens is 1. The second-order valence-electron chi connectivity index (χ2n) is 7.71. The van der Waals surface area contributed by atoms with E-state index in [1.54, 1.807) is 6.07 Å². The summed E-state index contributed by atoms with van der Waals surface area (Å²) in [6, 6.07) is 14.2. The third-order valence-electron chi connectivity index (χ3n) is 5.32. The first-order valence-electron chi connectivity index (χ1n) is 10.7. The number of thiazole rings is 1. The van der Waals surface area contributed by atoms with Crippen LogP contribution in [0.3, 0.4) is 0 Å². The van der Waals surface area contributed by atoms with E-state index in [0.29, 0.717) is 22.2 Å². The van der Waals surface area contributed by atoms with Crippen LogP contribution in [-0.4, -0.2) is 65.9 Å². The Kier molecular flexibility index (Phi) is 8.00. The highest BCUT2D eigenvalue weighted by atomic mass is 32.1. The second kappa shape index (κ2) is 11.3. The molecule has 1 aromatic carbocycles. The number of hydrogen-bond acceptors (Lipinski definition) is 7. The molecule has 4 rings (SSSR count). The van der Waals surface area contributed by atoms with E-state index in [2.05, 4.69) is 49.7 Å². The Balaban J connectivity index is 1.12. The highest BCUT2D eigenvalue weighted by Gasteiger charge is 2.17. The van der Waals surface area contributed by atoms with Crippen LogP contribution in [0.2, 0.25) is 0 Å². The Hall–Kier alpha value is -2.59. The van der Waals surface area contributed by atoms with Gasteiger partial charge in [0.1, 0.15) is 0 Å². The summed E-state index contributed by atoms with van der Waals surface area (Å²) in [7, 11) is 0. The second-order valence-corrected chi connectivity index (χ2v) is 9.51. The molecule has 9 heteroatoms. The zero-order valence-electron chi connectivity index (χ0n) is 17.8. The predicted molar refractivity (Wildman–Crippen MR) is 129 cm³/mol. The maximum atomic E-state index is 12.3. The van der Waals surface area contributed by atoms with Crippen molar-refractivity contribution in [2.75, 3.05) is 44.6 Å². The van der Waals surface area contributed by atoms with Gasteiger partial charge >= 0.3 is 0 Å². The summed E-state index contributed by atoms with van der Waals surface area (Å²) in [6.45, 7) is 6.59. The number of hydrogen-bond donors (Lipinski definition) is 2. The van der Waals surface area contributed by atoms with E-state index in [0.717, 1.165) is 39.3 Å². The van der Waals surface area contributed by atoms with Crippen molar-refractivity contribution in [2.45, 2.75) is 13.0 Å². The molecular formula is C23H27N5O2S2. The third kappa shape index (κ3) is 6.70. The molecule has 1 aliphatic rings. The summed E-state index contributed by atoms with van der Waals surface area (Å²) in [5, 5.41) is 9.95. The van der Waals surface area contributed by atoms with Crippen molar-refractivity contribution in [1.29, 1.82) is 0 Å². The number of nitrogens with zero attached hydrogens (tertiary/aromatic N) is 3. The normalized spacial score (nSPS) is 14.9. The Morgan fingerprint density at radius 1 is 0.969 bits per heavy atom. The number of carbonyl (C=O) groups is 2. The van der Waals surface area contributed by atoms with Crippen molar-refractivity contribution in [3.05, 3.63) is 69.4 Å². The van der Waals surface area contributed by atoms with Gasteiger partial charge in [0.05, 0.1) is 17.0 Å². The van der Waals surface area contributed by atoms with Gasteiger partial charge in [-0.15, -0.1) is 22.7 Å². The largest absolute Gasteiger partial charge is 0.354 e. The summed E-state index contributed by atoms with van der Waals surface area (Å²) < 4.78 is 0. The summed E-state index contributed by atoms with van der Waals surface area (Å²) in [5.41, 5.74) is 2.02. The maximum absolute atomic E-state index is 12.3. The Morgan fingerprint density at radius 3 is 2.50 bits per heavy atom. The molecule has 1 fully saturated rings. The Bertz CT molecular complexity index is 999. The average Bonchev–Trinajstić information content (AvgIpc) is 3.48. The van der Waals surface area contributed by atoms with Gasteiger partial charge in [-0.05, 0) is 17.0 Å². The first-order chi connectivity index (χ1) is 15.7. The van der Waals surface area contributed by atoms with Gasteiger partial charge in [-0.25, -0.2) is 4.98 Å². The van der Waals surface area contributed by atoms with E-state index in [-0.39, 0.29) is 18.2 Å². The maximum Gasteiger partial charge on any atom is 0.267 e. The fraction of sp³-hybridized carbons (Fsp3) is 0.348. The van der Waals surface area contributed by atoms with E-state index in [1.807, 2.05) is 22.9 Å². The van der Waals surface area contributed by atoms with Crippen LogP contribution in [0, 0.1) is 0 Å². The molecule has 0 aliphatic carbocycles. The first-order valence-corrected chi connectivity index (χ1v) is 12.5. The molecule has 0 spiro atoms. The van der Waals surface area contributed by atoms with Gasteiger partial charge in [0, 0.05) is 51.2 Å². The van der Waals surface area contributed by atoms with Crippen LogP contribution in [0.15, 0.2) is 53.2 Å². The number of thiophene rings is 1. The standard InChI is InChI=1S/C23H27N5O2S2/c29-21(15-19-17-32-23(25-19)26-22(30)20-7-4-14-31-20)24-8-9-27-10-12-28(13-11-27)16-18-5-2-1-3-6-18/h1-7,14,17H,8-13,15-16H2,(H,24,29)(H,25,26,30). The summed E-state index contributed by atoms with van der Waals surface area (Å²) in [6.07, 6.45) is 0.218. The lowest BCUT2D eigenvalue weighted by atomic mass is 10.2. The molecular weight excluding hydrogens is 442 g/mol. The number of benzene rings is 1. The van der Waals surface area contributed by atoms with Crippen molar-refractivity contribution in [3.8, 4) is 0 Å². The molecule has 0 unspecified atom stereocenters. The van der Waals surface area contributed by atoms with Crippen LogP contribution in [0.4, 0.5) is 5.13 Å². The molecule has 3 heterocycles. The van der Waals surface area contributed by atoms with Gasteiger partial charge in [-0.3, -0.25) is 24.7 Å². The van der Waals surface area contributed by atoms with Crippen molar-refractivity contribution in [3.63, 3.8) is 0 Å². The van der Waals surface area contributed by atoms with Crippen molar-refractivity contribution >= 4 is 39.6 Å². The summed E-state index contributed by atoms with van der Waals surface area (Å²) >= 11 is 2.72. The van der Waals surface area contributed by atoms with Crippen LogP contribution >= 0.6 is 22.7 Å². The smallest absolute Gasteiger partial charge is 0.267 e. The molecule has 0 saturated carbocycles. The quantitative estimate of drug-likeness (QED) is 0.504. The topological polar surface area (TPSA) is 77.6 Å². The highest BCUT2D eigenvalue weighted by Crippen LogP contribution is 2.18. The van der Waals surface area contributed by atoms with E-state index in [9.17, 15) is 9.59 Å². The third-order valence-corrected chi connectivity index (χ3v) is 7.00. The molecule has 7 nitrogen and oxygen atoms in total. The van der Waals surface area contributed by atoms with Crippen LogP contribution in [0.5, 0.6) is 0 Å². The minimum Gasteiger partial charge on any atom is -0.354 e. The van der Waals surface area contributed by atoms with Crippen molar-refractivity contribution in [2.24, 2.45) is 0 Å². The number of nitrogens with one attached hydrogen (secondary N) is 2. The van der Waals surface area contributed by atoms with Gasteiger partial charge in [0.25, 0.3) is 5.91 Å². The number of anilines is 1. The van der Waals surface area contributed by atoms with Crippen LogP contribution in [0.1, 0.15) is 20.9 Å². The lowest BCUT2D eigenvalue weighted by molar-refractivity contribution is -0.120. The van der Waals surface area contributed by atoms with Gasteiger partial charge in [0.2, 0.25) is 5.91 Å². The van der Waals surface area contributed by atoms with E-state index < -0.39 is 0 Å². The molecule has 0 radical (unpaired) electrons. The number of rotatable bonds is 9. The molecule has 2 N–H and O–H groups in total. The number of carbonyl (C=O) groups excluding carboxylic acids is 2. The first kappa shape index (κ1) is 22.6. The van der Waals surface area contributed by atoms with Crippen molar-refractivity contribution in [1.82, 2.24) is 20.1 Å². The molecule has 0 bridgehead atoms. The summed E-state index contributed by atoms with van der Waals surface area (Å²) in [5.74, 6) is -0.219. The highest BCUT2D eigenvalue weighted by molar-refractivity contribution is 7.14. The molecule has 3 aromatic rings. The van der Waals surface area contributed by atoms with Crippen LogP contribution in [0.25, 0.3) is 0 Å². The zero-order chi connectivity index (χ0) is 22.2. The van der Waals surface area contributed by atoms with Crippen LogP contribution < -0.4 is 10.6 Å². The lowest BCUT2D eigenvalue weighted by Crippen LogP contribution is -2.48. The molecule has 2 amide bonds. The van der Waals surface area contributed by atoms with Crippen LogP contribution in [-0.2, 0) is 17.8 Å². The molecule has 1 aliphatic heterocycles.